The summed E-state index contributed by atoms with van der Waals surface area (Å²) in [6.07, 6.45) is 5.29. The van der Waals surface area contributed by atoms with Crippen molar-refractivity contribution in [3.8, 4) is 5.82 Å². The summed E-state index contributed by atoms with van der Waals surface area (Å²) in [6, 6.07) is 16.1. The lowest BCUT2D eigenvalue weighted by atomic mass is 10.2. The van der Waals surface area contributed by atoms with Crippen molar-refractivity contribution in [3.05, 3.63) is 78.2 Å². The Morgan fingerprint density at radius 1 is 0.964 bits per heavy atom. The molecule has 0 atom stereocenters. The van der Waals surface area contributed by atoms with Gasteiger partial charge in [0.2, 0.25) is 0 Å². The first kappa shape index (κ1) is 18.2. The summed E-state index contributed by atoms with van der Waals surface area (Å²) in [4.78, 5) is 21.2. The van der Waals surface area contributed by atoms with E-state index in [1.807, 2.05) is 35.4 Å². The number of aromatic nitrogens is 3. The Morgan fingerprint density at radius 3 is 2.54 bits per heavy atom. The molecule has 144 valence electrons. The third-order valence-corrected chi connectivity index (χ3v) is 4.93. The lowest BCUT2D eigenvalue weighted by molar-refractivity contribution is 0.135. The van der Waals surface area contributed by atoms with Crippen molar-refractivity contribution in [2.45, 2.75) is 13.1 Å². The van der Waals surface area contributed by atoms with Crippen LogP contribution in [-0.4, -0.2) is 56.8 Å². The van der Waals surface area contributed by atoms with Gasteiger partial charge < -0.3 is 10.2 Å². The zero-order valence-corrected chi connectivity index (χ0v) is 15.7. The molecule has 0 spiro atoms. The molecule has 3 heterocycles. The van der Waals surface area contributed by atoms with Crippen molar-refractivity contribution < 1.29 is 4.79 Å². The molecule has 1 aliphatic heterocycles. The van der Waals surface area contributed by atoms with Crippen molar-refractivity contribution in [3.63, 3.8) is 0 Å². The average Bonchev–Trinajstić information content (AvgIpc) is 3.28. The number of rotatable bonds is 5. The SMILES string of the molecule is O=C(NCc1cccnc1-n1cccn1)N1CCN(Cc2ccccc2)CC1. The number of carbonyl (C=O) groups excluding carboxylic acids is 1. The number of hydrogen-bond acceptors (Lipinski definition) is 4. The molecule has 3 aromatic rings. The van der Waals surface area contributed by atoms with Crippen LogP contribution in [0.4, 0.5) is 4.79 Å². The normalized spacial score (nSPS) is 14.8. The number of nitrogens with zero attached hydrogens (tertiary/aromatic N) is 5. The van der Waals surface area contributed by atoms with Gasteiger partial charge in [-0.3, -0.25) is 4.90 Å². The van der Waals surface area contributed by atoms with Gasteiger partial charge in [-0.05, 0) is 17.7 Å². The zero-order chi connectivity index (χ0) is 19.2. The average molecular weight is 376 g/mol. The van der Waals surface area contributed by atoms with Gasteiger partial charge in [0, 0.05) is 63.4 Å². The second-order valence-corrected chi connectivity index (χ2v) is 6.84. The van der Waals surface area contributed by atoms with Gasteiger partial charge >= 0.3 is 6.03 Å². The molecule has 28 heavy (non-hydrogen) atoms. The number of piperazine rings is 1. The molecule has 0 saturated carbocycles. The van der Waals surface area contributed by atoms with E-state index in [2.05, 4.69) is 44.6 Å². The molecule has 0 radical (unpaired) electrons. The Kier molecular flexibility index (Phi) is 5.63. The molecular weight excluding hydrogens is 352 g/mol. The third-order valence-electron chi connectivity index (χ3n) is 4.93. The van der Waals surface area contributed by atoms with Crippen molar-refractivity contribution in [2.24, 2.45) is 0 Å². The maximum atomic E-state index is 12.6. The van der Waals surface area contributed by atoms with E-state index in [-0.39, 0.29) is 6.03 Å². The first-order chi connectivity index (χ1) is 13.8. The molecule has 1 aliphatic rings. The maximum absolute atomic E-state index is 12.6. The van der Waals surface area contributed by atoms with Crippen molar-refractivity contribution in [1.29, 1.82) is 0 Å². The van der Waals surface area contributed by atoms with Gasteiger partial charge in [-0.2, -0.15) is 5.10 Å². The molecule has 1 fully saturated rings. The van der Waals surface area contributed by atoms with Crippen molar-refractivity contribution >= 4 is 6.03 Å². The van der Waals surface area contributed by atoms with Crippen LogP contribution in [0.2, 0.25) is 0 Å². The van der Waals surface area contributed by atoms with Gasteiger partial charge in [-0.1, -0.05) is 36.4 Å². The highest BCUT2D eigenvalue weighted by atomic mass is 16.2. The Balaban J connectivity index is 1.29. The van der Waals surface area contributed by atoms with E-state index in [9.17, 15) is 4.79 Å². The Labute approximate surface area is 164 Å². The first-order valence-corrected chi connectivity index (χ1v) is 9.52. The number of urea groups is 1. The minimum atomic E-state index is -0.0328. The van der Waals surface area contributed by atoms with Gasteiger partial charge in [-0.15, -0.1) is 0 Å². The quantitative estimate of drug-likeness (QED) is 0.742. The molecule has 0 aliphatic carbocycles. The van der Waals surface area contributed by atoms with E-state index in [1.165, 1.54) is 5.56 Å². The van der Waals surface area contributed by atoms with Gasteiger partial charge in [0.05, 0.1) is 0 Å². The molecule has 7 heteroatoms. The predicted molar refractivity (Wildman–Crippen MR) is 107 cm³/mol. The summed E-state index contributed by atoms with van der Waals surface area (Å²) in [6.45, 7) is 4.59. The van der Waals surface area contributed by atoms with Crippen LogP contribution < -0.4 is 5.32 Å². The summed E-state index contributed by atoms with van der Waals surface area (Å²) < 4.78 is 1.71. The molecule has 2 amide bonds. The van der Waals surface area contributed by atoms with E-state index in [0.717, 1.165) is 44.1 Å². The van der Waals surface area contributed by atoms with Crippen LogP contribution in [0.15, 0.2) is 67.1 Å². The van der Waals surface area contributed by atoms with E-state index < -0.39 is 0 Å². The molecule has 7 nitrogen and oxygen atoms in total. The number of carbonyl (C=O) groups is 1. The topological polar surface area (TPSA) is 66.3 Å². The fraction of sp³-hybridized carbons (Fsp3) is 0.286. The summed E-state index contributed by atoms with van der Waals surface area (Å²) in [5.41, 5.74) is 2.24. The second kappa shape index (κ2) is 8.67. The number of pyridine rings is 1. The lowest BCUT2D eigenvalue weighted by Crippen LogP contribution is -2.51. The molecule has 4 rings (SSSR count). The molecule has 0 unspecified atom stereocenters. The van der Waals surface area contributed by atoms with Crippen molar-refractivity contribution in [1.82, 2.24) is 29.9 Å². The Bertz CT molecular complexity index is 888. The van der Waals surface area contributed by atoms with Gasteiger partial charge in [-0.25, -0.2) is 14.5 Å². The maximum Gasteiger partial charge on any atom is 0.317 e. The molecule has 1 N–H and O–H groups in total. The largest absolute Gasteiger partial charge is 0.334 e. The number of hydrogen-bond donors (Lipinski definition) is 1. The van der Waals surface area contributed by atoms with Crippen LogP contribution in [-0.2, 0) is 13.1 Å². The van der Waals surface area contributed by atoms with Crippen LogP contribution in [0, 0.1) is 0 Å². The zero-order valence-electron chi connectivity index (χ0n) is 15.7. The fourth-order valence-corrected chi connectivity index (χ4v) is 3.40. The van der Waals surface area contributed by atoms with Crippen LogP contribution in [0.3, 0.4) is 0 Å². The molecule has 1 aromatic carbocycles. The Hall–Kier alpha value is -3.19. The van der Waals surface area contributed by atoms with E-state index in [4.69, 9.17) is 0 Å². The van der Waals surface area contributed by atoms with E-state index in [1.54, 1.807) is 17.1 Å². The molecular formula is C21H24N6O. The van der Waals surface area contributed by atoms with E-state index >= 15 is 0 Å². The minimum Gasteiger partial charge on any atom is -0.334 e. The number of benzene rings is 1. The lowest BCUT2D eigenvalue weighted by Gasteiger charge is -2.34. The summed E-state index contributed by atoms with van der Waals surface area (Å²) in [7, 11) is 0. The van der Waals surface area contributed by atoms with Crippen molar-refractivity contribution in [2.75, 3.05) is 26.2 Å². The summed E-state index contributed by atoms with van der Waals surface area (Å²) in [5, 5.41) is 7.26. The molecule has 0 bridgehead atoms. The van der Waals surface area contributed by atoms with Gasteiger partial charge in [0.25, 0.3) is 0 Å². The highest BCUT2D eigenvalue weighted by Gasteiger charge is 2.21. The van der Waals surface area contributed by atoms with Gasteiger partial charge in [0.1, 0.15) is 0 Å². The van der Waals surface area contributed by atoms with Crippen LogP contribution in [0.1, 0.15) is 11.1 Å². The van der Waals surface area contributed by atoms with Gasteiger partial charge in [0.15, 0.2) is 5.82 Å². The van der Waals surface area contributed by atoms with Crippen LogP contribution >= 0.6 is 0 Å². The second-order valence-electron chi connectivity index (χ2n) is 6.84. The summed E-state index contributed by atoms with van der Waals surface area (Å²) in [5.74, 6) is 0.737. The predicted octanol–water partition coefficient (Wildman–Crippen LogP) is 2.29. The fourth-order valence-electron chi connectivity index (χ4n) is 3.40. The van der Waals surface area contributed by atoms with Crippen LogP contribution in [0.25, 0.3) is 5.82 Å². The highest BCUT2D eigenvalue weighted by Crippen LogP contribution is 2.11. The molecule has 2 aromatic heterocycles. The molecule has 1 saturated heterocycles. The highest BCUT2D eigenvalue weighted by molar-refractivity contribution is 5.74. The standard InChI is InChI=1S/C21H24N6O/c28-21(23-16-19-8-4-9-22-20(19)27-11-5-10-24-27)26-14-12-25(13-15-26)17-18-6-2-1-3-7-18/h1-11H,12-17H2,(H,23,28). The van der Waals surface area contributed by atoms with Crippen LogP contribution in [0.5, 0.6) is 0 Å². The Morgan fingerprint density at radius 2 is 1.79 bits per heavy atom. The monoisotopic (exact) mass is 376 g/mol. The summed E-state index contributed by atoms with van der Waals surface area (Å²) >= 11 is 0. The first-order valence-electron chi connectivity index (χ1n) is 9.52. The number of amides is 2. The third kappa shape index (κ3) is 4.37. The number of nitrogens with one attached hydrogen (secondary N) is 1. The minimum absolute atomic E-state index is 0.0328. The smallest absolute Gasteiger partial charge is 0.317 e. The van der Waals surface area contributed by atoms with E-state index in [0.29, 0.717) is 6.54 Å².